The third-order valence-electron chi connectivity index (χ3n) is 4.93. The number of pyridine rings is 1. The van der Waals surface area contributed by atoms with Gasteiger partial charge in [-0.1, -0.05) is 72.8 Å². The zero-order valence-electron chi connectivity index (χ0n) is 16.9. The van der Waals surface area contributed by atoms with E-state index in [2.05, 4.69) is 62.0 Å². The number of aryl methyl sites for hydroxylation is 1. The van der Waals surface area contributed by atoms with Crippen molar-refractivity contribution in [1.82, 2.24) is 4.98 Å². The van der Waals surface area contributed by atoms with Crippen molar-refractivity contribution >= 4 is 17.9 Å². The lowest BCUT2D eigenvalue weighted by atomic mass is 9.93. The molecule has 2 aromatic carbocycles. The molecule has 0 saturated carbocycles. The van der Waals surface area contributed by atoms with E-state index in [9.17, 15) is 4.79 Å². The normalized spacial score (nSPS) is 11.0. The number of ketones is 1. The molecule has 3 aromatic rings. The first-order chi connectivity index (χ1) is 13.5. The fourth-order valence-corrected chi connectivity index (χ4v) is 3.51. The van der Waals surface area contributed by atoms with Crippen LogP contribution in [0, 0.1) is 13.8 Å². The summed E-state index contributed by atoms with van der Waals surface area (Å²) in [5, 5.41) is 0. The summed E-state index contributed by atoms with van der Waals surface area (Å²) in [5.74, 6) is 0.0260. The number of benzene rings is 2. The van der Waals surface area contributed by atoms with Crippen molar-refractivity contribution in [3.8, 4) is 22.4 Å². The van der Waals surface area contributed by atoms with E-state index in [1.54, 1.807) is 13.0 Å². The van der Waals surface area contributed by atoms with Crippen molar-refractivity contribution in [1.29, 1.82) is 0 Å². The summed E-state index contributed by atoms with van der Waals surface area (Å²) in [6.07, 6.45) is 5.57. The number of rotatable bonds is 5. The molecule has 0 amide bonds. The van der Waals surface area contributed by atoms with E-state index in [-0.39, 0.29) is 5.78 Å². The van der Waals surface area contributed by atoms with Crippen LogP contribution in [0.25, 0.3) is 34.5 Å². The largest absolute Gasteiger partial charge is 0.294 e. The molecule has 0 fully saturated rings. The number of hydrogen-bond donors (Lipinski definition) is 0. The molecule has 1 aromatic heterocycles. The van der Waals surface area contributed by atoms with E-state index in [1.807, 2.05) is 26.0 Å². The van der Waals surface area contributed by atoms with Crippen molar-refractivity contribution in [3.63, 3.8) is 0 Å². The van der Waals surface area contributed by atoms with E-state index in [4.69, 9.17) is 4.98 Å². The van der Waals surface area contributed by atoms with Gasteiger partial charge >= 0.3 is 0 Å². The molecule has 140 valence electrons. The number of allylic oxidation sites excluding steroid dienone is 1. The van der Waals surface area contributed by atoms with Gasteiger partial charge in [-0.05, 0) is 50.5 Å². The molecule has 0 aliphatic carbocycles. The molecule has 0 N–H and O–H groups in total. The van der Waals surface area contributed by atoms with E-state index in [0.29, 0.717) is 5.56 Å². The molecular weight excluding hydrogens is 342 g/mol. The molecule has 0 aliphatic heterocycles. The van der Waals surface area contributed by atoms with Gasteiger partial charge in [0.1, 0.15) is 0 Å². The van der Waals surface area contributed by atoms with Gasteiger partial charge in [0, 0.05) is 16.7 Å². The second-order valence-corrected chi connectivity index (χ2v) is 6.96. The standard InChI is InChI=1S/C26H25NO/c1-6-8-24-23(7-2)25(19(5)28)18(4)26(27-24)22-15-13-21(14-16-22)20-11-9-17(3)10-12-20/h6-16H,2H2,1,3-5H3/b8-6-. The van der Waals surface area contributed by atoms with Crippen LogP contribution in [0.4, 0.5) is 0 Å². The minimum absolute atomic E-state index is 0.0260. The maximum absolute atomic E-state index is 12.4. The Hall–Kier alpha value is -3.26. The summed E-state index contributed by atoms with van der Waals surface area (Å²) in [6, 6.07) is 16.8. The maximum Gasteiger partial charge on any atom is 0.160 e. The predicted molar refractivity (Wildman–Crippen MR) is 119 cm³/mol. The quantitative estimate of drug-likeness (QED) is 0.459. The molecule has 0 bridgehead atoms. The Morgan fingerprint density at radius 1 is 0.929 bits per heavy atom. The van der Waals surface area contributed by atoms with Gasteiger partial charge in [-0.25, -0.2) is 4.98 Å². The van der Waals surface area contributed by atoms with Crippen molar-refractivity contribution in [3.05, 3.63) is 89.1 Å². The molecule has 3 rings (SSSR count). The molecule has 1 heterocycles. The minimum atomic E-state index is 0.0260. The Morgan fingerprint density at radius 3 is 1.96 bits per heavy atom. The maximum atomic E-state index is 12.4. The molecular formula is C26H25NO. The van der Waals surface area contributed by atoms with Crippen LogP contribution in [0.5, 0.6) is 0 Å². The molecule has 0 radical (unpaired) electrons. The lowest BCUT2D eigenvalue weighted by Crippen LogP contribution is -2.07. The molecule has 0 unspecified atom stereocenters. The number of Topliss-reactive ketones (excluding diaryl/α,β-unsaturated/α-hetero) is 1. The highest BCUT2D eigenvalue weighted by Crippen LogP contribution is 2.31. The fourth-order valence-electron chi connectivity index (χ4n) is 3.51. The Bertz CT molecular complexity index is 1060. The van der Waals surface area contributed by atoms with Crippen LogP contribution in [0.1, 0.15) is 46.6 Å². The van der Waals surface area contributed by atoms with Gasteiger partial charge in [-0.2, -0.15) is 0 Å². The number of carbonyl (C=O) groups excluding carboxylic acids is 1. The third-order valence-corrected chi connectivity index (χ3v) is 4.93. The first-order valence-corrected chi connectivity index (χ1v) is 9.44. The summed E-state index contributed by atoms with van der Waals surface area (Å²) >= 11 is 0. The highest BCUT2D eigenvalue weighted by atomic mass is 16.1. The van der Waals surface area contributed by atoms with E-state index in [0.717, 1.165) is 33.6 Å². The van der Waals surface area contributed by atoms with Crippen molar-refractivity contribution in [2.24, 2.45) is 0 Å². The van der Waals surface area contributed by atoms with E-state index < -0.39 is 0 Å². The first-order valence-electron chi connectivity index (χ1n) is 9.44. The van der Waals surface area contributed by atoms with Crippen molar-refractivity contribution < 1.29 is 4.79 Å². The fraction of sp³-hybridized carbons (Fsp3) is 0.154. The van der Waals surface area contributed by atoms with Crippen molar-refractivity contribution in [2.75, 3.05) is 0 Å². The molecule has 28 heavy (non-hydrogen) atoms. The van der Waals surface area contributed by atoms with Gasteiger partial charge in [0.15, 0.2) is 5.78 Å². The number of nitrogens with zero attached hydrogens (tertiary/aromatic N) is 1. The van der Waals surface area contributed by atoms with Crippen LogP contribution in [-0.4, -0.2) is 10.8 Å². The minimum Gasteiger partial charge on any atom is -0.294 e. The van der Waals surface area contributed by atoms with Gasteiger partial charge < -0.3 is 0 Å². The van der Waals surface area contributed by atoms with Gasteiger partial charge in [0.2, 0.25) is 0 Å². The molecule has 0 saturated heterocycles. The third kappa shape index (κ3) is 3.72. The Balaban J connectivity index is 2.14. The molecule has 0 atom stereocenters. The van der Waals surface area contributed by atoms with Crippen LogP contribution >= 0.6 is 0 Å². The van der Waals surface area contributed by atoms with E-state index in [1.165, 1.54) is 11.1 Å². The van der Waals surface area contributed by atoms with Crippen LogP contribution in [0.3, 0.4) is 0 Å². The Morgan fingerprint density at radius 2 is 1.46 bits per heavy atom. The summed E-state index contributed by atoms with van der Waals surface area (Å²) in [7, 11) is 0. The van der Waals surface area contributed by atoms with Gasteiger partial charge in [-0.3, -0.25) is 4.79 Å². The molecule has 0 spiro atoms. The van der Waals surface area contributed by atoms with Gasteiger partial charge in [-0.15, -0.1) is 0 Å². The van der Waals surface area contributed by atoms with Crippen LogP contribution in [0.15, 0.2) is 61.2 Å². The SMILES string of the molecule is C=Cc1c(/C=C\C)nc(-c2ccc(-c3ccc(C)cc3)cc2)c(C)c1C(C)=O. The topological polar surface area (TPSA) is 30.0 Å². The lowest BCUT2D eigenvalue weighted by Gasteiger charge is -2.15. The summed E-state index contributed by atoms with van der Waals surface area (Å²) < 4.78 is 0. The van der Waals surface area contributed by atoms with Crippen LogP contribution in [0.2, 0.25) is 0 Å². The average molecular weight is 367 g/mol. The van der Waals surface area contributed by atoms with Gasteiger partial charge in [0.25, 0.3) is 0 Å². The summed E-state index contributed by atoms with van der Waals surface area (Å²) in [4.78, 5) is 17.2. The van der Waals surface area contributed by atoms with Crippen molar-refractivity contribution in [2.45, 2.75) is 27.7 Å². The number of aromatic nitrogens is 1. The van der Waals surface area contributed by atoms with Crippen LogP contribution < -0.4 is 0 Å². The average Bonchev–Trinajstić information content (AvgIpc) is 2.69. The Kier molecular flexibility index (Phi) is 5.70. The number of hydrogen-bond acceptors (Lipinski definition) is 2. The predicted octanol–water partition coefficient (Wildman–Crippen LogP) is 6.91. The second-order valence-electron chi connectivity index (χ2n) is 6.96. The highest BCUT2D eigenvalue weighted by molar-refractivity contribution is 6.01. The Labute approximate surface area is 167 Å². The van der Waals surface area contributed by atoms with E-state index >= 15 is 0 Å². The lowest BCUT2D eigenvalue weighted by molar-refractivity contribution is 0.101. The molecule has 2 heteroatoms. The molecule has 0 aliphatic rings. The monoisotopic (exact) mass is 367 g/mol. The molecule has 2 nitrogen and oxygen atoms in total. The summed E-state index contributed by atoms with van der Waals surface area (Å²) in [5.41, 5.74) is 8.56. The zero-order chi connectivity index (χ0) is 20.3. The summed E-state index contributed by atoms with van der Waals surface area (Å²) in [6.45, 7) is 11.5. The van der Waals surface area contributed by atoms with Gasteiger partial charge in [0.05, 0.1) is 11.4 Å². The highest BCUT2D eigenvalue weighted by Gasteiger charge is 2.18. The smallest absolute Gasteiger partial charge is 0.160 e. The second kappa shape index (κ2) is 8.18. The van der Waals surface area contributed by atoms with Crippen LogP contribution in [-0.2, 0) is 0 Å². The zero-order valence-corrected chi connectivity index (χ0v) is 16.9. The first kappa shape index (κ1) is 19.5. The number of carbonyl (C=O) groups is 1.